The fourth-order valence-corrected chi connectivity index (χ4v) is 2.48. The average Bonchev–Trinajstić information content (AvgIpc) is 2.94. The van der Waals surface area contributed by atoms with E-state index in [2.05, 4.69) is 10.6 Å². The molecule has 1 aliphatic heterocycles. The minimum atomic E-state index is -0.0394. The van der Waals surface area contributed by atoms with Crippen molar-refractivity contribution in [2.24, 2.45) is 5.92 Å². The Morgan fingerprint density at radius 2 is 2.44 bits per heavy atom. The Kier molecular flexibility index (Phi) is 4.30. The van der Waals surface area contributed by atoms with Gasteiger partial charge in [0.25, 0.3) is 5.91 Å². The van der Waals surface area contributed by atoms with E-state index < -0.39 is 0 Å². The van der Waals surface area contributed by atoms with Crippen molar-refractivity contribution in [1.29, 1.82) is 0 Å². The van der Waals surface area contributed by atoms with E-state index in [-0.39, 0.29) is 11.9 Å². The quantitative estimate of drug-likeness (QED) is 0.879. The molecule has 0 radical (unpaired) electrons. The van der Waals surface area contributed by atoms with Crippen LogP contribution in [0.1, 0.15) is 36.8 Å². The smallest absolute Gasteiger partial charge is 0.267 e. The first-order valence-corrected chi connectivity index (χ1v) is 6.82. The number of amides is 1. The lowest BCUT2D eigenvalue weighted by Crippen LogP contribution is -2.31. The third-order valence-corrected chi connectivity index (χ3v) is 3.52. The van der Waals surface area contributed by atoms with Gasteiger partial charge in [0.15, 0.2) is 0 Å². The van der Waals surface area contributed by atoms with Crippen molar-refractivity contribution < 1.29 is 4.79 Å². The van der Waals surface area contributed by atoms with E-state index in [4.69, 9.17) is 11.6 Å². The average molecular weight is 270 g/mol. The van der Waals surface area contributed by atoms with Crippen LogP contribution in [0, 0.1) is 5.92 Å². The fraction of sp³-hybridized carbons (Fsp3) is 0.615. The highest BCUT2D eigenvalue weighted by atomic mass is 35.5. The Balaban J connectivity index is 1.99. The zero-order valence-corrected chi connectivity index (χ0v) is 11.6. The molecule has 1 unspecified atom stereocenters. The summed E-state index contributed by atoms with van der Waals surface area (Å²) < 4.78 is 1.91. The molecule has 1 aliphatic rings. The van der Waals surface area contributed by atoms with Crippen molar-refractivity contribution in [3.05, 3.63) is 23.0 Å². The van der Waals surface area contributed by atoms with Crippen molar-refractivity contribution in [3.8, 4) is 0 Å². The van der Waals surface area contributed by atoms with Gasteiger partial charge in [0.2, 0.25) is 0 Å². The molecular formula is C13H20ClN3O. The summed E-state index contributed by atoms with van der Waals surface area (Å²) in [7, 11) is 0. The predicted molar refractivity (Wildman–Crippen MR) is 73.1 cm³/mol. The minimum absolute atomic E-state index is 0.0394. The summed E-state index contributed by atoms with van der Waals surface area (Å²) in [5, 5.41) is 6.89. The number of hydrogen-bond donors (Lipinski definition) is 2. The number of nitrogens with one attached hydrogen (secondary N) is 2. The maximum Gasteiger partial charge on any atom is 0.267 e. The lowest BCUT2D eigenvalue weighted by atomic mass is 10.1. The van der Waals surface area contributed by atoms with E-state index in [0.717, 1.165) is 26.1 Å². The van der Waals surface area contributed by atoms with Crippen molar-refractivity contribution in [2.75, 3.05) is 19.6 Å². The van der Waals surface area contributed by atoms with Crippen LogP contribution in [0.3, 0.4) is 0 Å². The van der Waals surface area contributed by atoms with Crippen LogP contribution in [0.2, 0.25) is 5.02 Å². The molecule has 18 heavy (non-hydrogen) atoms. The number of hydrogen-bond acceptors (Lipinski definition) is 2. The van der Waals surface area contributed by atoms with Crippen molar-refractivity contribution >= 4 is 17.5 Å². The van der Waals surface area contributed by atoms with Crippen molar-refractivity contribution in [3.63, 3.8) is 0 Å². The van der Waals surface area contributed by atoms with Crippen LogP contribution in [0.4, 0.5) is 0 Å². The van der Waals surface area contributed by atoms with Crippen LogP contribution in [-0.2, 0) is 0 Å². The number of carbonyl (C=O) groups excluding carboxylic acids is 1. The number of aromatic nitrogens is 1. The van der Waals surface area contributed by atoms with Crippen LogP contribution in [0.15, 0.2) is 12.3 Å². The first kappa shape index (κ1) is 13.4. The molecule has 1 saturated heterocycles. The summed E-state index contributed by atoms with van der Waals surface area (Å²) in [6.07, 6.45) is 2.94. The Labute approximate surface area is 113 Å². The largest absolute Gasteiger partial charge is 0.350 e. The van der Waals surface area contributed by atoms with Crippen molar-refractivity contribution in [1.82, 2.24) is 15.2 Å². The normalized spacial score (nSPS) is 19.4. The molecule has 100 valence electrons. The molecule has 1 aromatic rings. The molecule has 0 spiro atoms. The van der Waals surface area contributed by atoms with Gasteiger partial charge in [-0.05, 0) is 45.3 Å². The molecule has 0 saturated carbocycles. The van der Waals surface area contributed by atoms with Gasteiger partial charge in [0.05, 0.1) is 5.02 Å². The second-order valence-corrected chi connectivity index (χ2v) is 5.55. The Hall–Kier alpha value is -1.00. The Morgan fingerprint density at radius 1 is 1.67 bits per heavy atom. The first-order chi connectivity index (χ1) is 8.58. The van der Waals surface area contributed by atoms with Crippen LogP contribution in [0.25, 0.3) is 0 Å². The van der Waals surface area contributed by atoms with Gasteiger partial charge < -0.3 is 15.2 Å². The second-order valence-electron chi connectivity index (χ2n) is 5.11. The van der Waals surface area contributed by atoms with Gasteiger partial charge in [-0.15, -0.1) is 0 Å². The molecule has 1 aromatic heterocycles. The highest BCUT2D eigenvalue weighted by molar-refractivity contribution is 6.31. The van der Waals surface area contributed by atoms with E-state index in [1.165, 1.54) is 0 Å². The molecule has 1 fully saturated rings. The molecular weight excluding hydrogens is 250 g/mol. The van der Waals surface area contributed by atoms with E-state index in [9.17, 15) is 4.79 Å². The maximum absolute atomic E-state index is 12.1. The van der Waals surface area contributed by atoms with Gasteiger partial charge in [-0.25, -0.2) is 0 Å². The number of halogens is 1. The molecule has 1 amide bonds. The minimum Gasteiger partial charge on any atom is -0.350 e. The molecule has 1 atom stereocenters. The summed E-state index contributed by atoms with van der Waals surface area (Å²) in [5.74, 6) is 0.509. The zero-order valence-electron chi connectivity index (χ0n) is 10.9. The highest BCUT2D eigenvalue weighted by Gasteiger charge is 2.18. The van der Waals surface area contributed by atoms with Gasteiger partial charge in [-0.2, -0.15) is 0 Å². The maximum atomic E-state index is 12.1. The molecule has 0 aromatic carbocycles. The number of nitrogens with zero attached hydrogens (tertiary/aromatic N) is 1. The van der Waals surface area contributed by atoms with E-state index in [1.807, 2.05) is 18.4 Å². The van der Waals surface area contributed by atoms with Gasteiger partial charge in [-0.1, -0.05) is 11.6 Å². The van der Waals surface area contributed by atoms with Crippen LogP contribution in [0.5, 0.6) is 0 Å². The number of carbonyl (C=O) groups is 1. The number of rotatable bonds is 4. The standard InChI is InChI=1S/C13H20ClN3O/c1-9(2)17-8-11(14)5-12(17)13(18)16-7-10-3-4-15-6-10/h5,8-10,15H,3-4,6-7H2,1-2H3,(H,16,18). The van der Waals surface area contributed by atoms with E-state index in [0.29, 0.717) is 16.6 Å². The third kappa shape index (κ3) is 3.06. The van der Waals surface area contributed by atoms with Crippen LogP contribution < -0.4 is 10.6 Å². The summed E-state index contributed by atoms with van der Waals surface area (Å²) in [4.78, 5) is 12.1. The summed E-state index contributed by atoms with van der Waals surface area (Å²) in [6, 6.07) is 1.95. The van der Waals surface area contributed by atoms with Gasteiger partial charge in [-0.3, -0.25) is 4.79 Å². The van der Waals surface area contributed by atoms with Gasteiger partial charge in [0, 0.05) is 18.8 Å². The monoisotopic (exact) mass is 269 g/mol. The zero-order chi connectivity index (χ0) is 13.1. The molecule has 4 nitrogen and oxygen atoms in total. The van der Waals surface area contributed by atoms with Crippen molar-refractivity contribution in [2.45, 2.75) is 26.3 Å². The van der Waals surface area contributed by atoms with Gasteiger partial charge >= 0.3 is 0 Å². The topological polar surface area (TPSA) is 46.1 Å². The third-order valence-electron chi connectivity index (χ3n) is 3.32. The fourth-order valence-electron chi connectivity index (χ4n) is 2.27. The van der Waals surface area contributed by atoms with Gasteiger partial charge in [0.1, 0.15) is 5.69 Å². The molecule has 2 rings (SSSR count). The molecule has 2 N–H and O–H groups in total. The Bertz CT molecular complexity index is 422. The first-order valence-electron chi connectivity index (χ1n) is 6.44. The summed E-state index contributed by atoms with van der Waals surface area (Å²) >= 11 is 5.97. The lowest BCUT2D eigenvalue weighted by molar-refractivity contribution is 0.0937. The predicted octanol–water partition coefficient (Wildman–Crippen LogP) is 2.06. The van der Waals surface area contributed by atoms with E-state index >= 15 is 0 Å². The summed E-state index contributed by atoms with van der Waals surface area (Å²) in [6.45, 7) is 6.84. The molecule has 0 aliphatic carbocycles. The van der Waals surface area contributed by atoms with Crippen LogP contribution >= 0.6 is 11.6 Å². The van der Waals surface area contributed by atoms with Crippen LogP contribution in [-0.4, -0.2) is 30.1 Å². The lowest BCUT2D eigenvalue weighted by Gasteiger charge is -2.14. The van der Waals surface area contributed by atoms with E-state index in [1.54, 1.807) is 12.3 Å². The molecule has 0 bridgehead atoms. The molecule has 2 heterocycles. The second kappa shape index (κ2) is 5.76. The summed E-state index contributed by atoms with van der Waals surface area (Å²) in [5.41, 5.74) is 0.640. The highest BCUT2D eigenvalue weighted by Crippen LogP contribution is 2.18. The SMILES string of the molecule is CC(C)n1cc(Cl)cc1C(=O)NCC1CCNC1. The Morgan fingerprint density at radius 3 is 3.06 bits per heavy atom. The molecule has 5 heteroatoms.